The highest BCUT2D eigenvalue weighted by Gasteiger charge is 2.31. The summed E-state index contributed by atoms with van der Waals surface area (Å²) in [6, 6.07) is 10.1. The van der Waals surface area contributed by atoms with Gasteiger partial charge in [0.1, 0.15) is 0 Å². The fourth-order valence-electron chi connectivity index (χ4n) is 2.41. The molecule has 2 aromatic rings. The highest BCUT2D eigenvalue weighted by molar-refractivity contribution is 5.85. The zero-order chi connectivity index (χ0) is 14.1. The van der Waals surface area contributed by atoms with Gasteiger partial charge in [-0.15, -0.1) is 5.10 Å². The second-order valence-electron chi connectivity index (χ2n) is 4.66. The Hall–Kier alpha value is -2.43. The van der Waals surface area contributed by atoms with Crippen LogP contribution in [0.4, 0.5) is 0 Å². The Kier molecular flexibility index (Phi) is 3.10. The molecule has 1 aromatic heterocycles. The van der Waals surface area contributed by atoms with E-state index in [9.17, 15) is 4.79 Å². The van der Waals surface area contributed by atoms with E-state index < -0.39 is 5.97 Å². The van der Waals surface area contributed by atoms with Crippen LogP contribution >= 0.6 is 0 Å². The van der Waals surface area contributed by atoms with Gasteiger partial charge in [-0.2, -0.15) is 0 Å². The lowest BCUT2D eigenvalue weighted by Crippen LogP contribution is -2.11. The molecule has 3 rings (SSSR count). The summed E-state index contributed by atoms with van der Waals surface area (Å²) in [5.41, 5.74) is 2.02. The smallest absolute Gasteiger partial charge is 0.378 e. The molecule has 102 valence electrons. The van der Waals surface area contributed by atoms with Gasteiger partial charge in [0.05, 0.1) is 12.6 Å². The number of hydrogen-bond acceptors (Lipinski definition) is 4. The van der Waals surface area contributed by atoms with Crippen molar-refractivity contribution in [1.29, 1.82) is 0 Å². The summed E-state index contributed by atoms with van der Waals surface area (Å²) in [7, 11) is 0. The van der Waals surface area contributed by atoms with E-state index in [0.29, 0.717) is 12.4 Å². The van der Waals surface area contributed by atoms with Crippen LogP contribution in [0, 0.1) is 0 Å². The third kappa shape index (κ3) is 2.01. The molecule has 0 bridgehead atoms. The summed E-state index contributed by atoms with van der Waals surface area (Å²) < 4.78 is 6.70. The number of allylic oxidation sites excluding steroid dienone is 1. The fraction of sp³-hybridized carbons (Fsp3) is 0.267. The van der Waals surface area contributed by atoms with Gasteiger partial charge in [0.2, 0.25) is 0 Å². The molecule has 0 radical (unpaired) electrons. The van der Waals surface area contributed by atoms with Crippen molar-refractivity contribution in [1.82, 2.24) is 14.8 Å². The normalized spacial score (nSPS) is 17.1. The molecule has 1 aliphatic heterocycles. The minimum atomic E-state index is -0.492. The first kappa shape index (κ1) is 12.6. The summed E-state index contributed by atoms with van der Waals surface area (Å²) in [5, 5.41) is 4.29. The molecule has 5 heteroatoms. The Labute approximate surface area is 116 Å². The number of nitrogens with zero attached hydrogens (tertiary/aromatic N) is 3. The maximum Gasteiger partial charge on any atom is 0.378 e. The van der Waals surface area contributed by atoms with E-state index >= 15 is 0 Å². The highest BCUT2D eigenvalue weighted by atomic mass is 16.5. The first-order chi connectivity index (χ1) is 9.70. The van der Waals surface area contributed by atoms with Crippen molar-refractivity contribution in [3.8, 4) is 0 Å². The minimum absolute atomic E-state index is 0.0503. The Morgan fingerprint density at radius 1 is 1.45 bits per heavy atom. The molecule has 2 heterocycles. The molecule has 0 amide bonds. The van der Waals surface area contributed by atoms with Crippen molar-refractivity contribution in [2.45, 2.75) is 19.4 Å². The maximum atomic E-state index is 11.7. The second-order valence-corrected chi connectivity index (χ2v) is 4.66. The van der Waals surface area contributed by atoms with Gasteiger partial charge in [0, 0.05) is 6.42 Å². The molecular formula is C15H15N3O2. The predicted octanol–water partition coefficient (Wildman–Crippen LogP) is 2.46. The highest BCUT2D eigenvalue weighted by Crippen LogP contribution is 2.36. The van der Waals surface area contributed by atoms with Gasteiger partial charge in [0.15, 0.2) is 5.82 Å². The number of carbonyl (C=O) groups excluding carboxylic acids is 1. The average Bonchev–Trinajstić information content (AvgIpc) is 3.01. The van der Waals surface area contributed by atoms with Gasteiger partial charge >= 0.3 is 5.97 Å². The van der Waals surface area contributed by atoms with Gasteiger partial charge in [-0.25, -0.2) is 14.5 Å². The lowest BCUT2D eigenvalue weighted by molar-refractivity contribution is 0.0511. The van der Waals surface area contributed by atoms with Crippen molar-refractivity contribution >= 4 is 11.5 Å². The van der Waals surface area contributed by atoms with E-state index in [1.54, 1.807) is 11.6 Å². The molecule has 1 aromatic carbocycles. The van der Waals surface area contributed by atoms with Crippen LogP contribution in [-0.2, 0) is 4.74 Å². The van der Waals surface area contributed by atoms with E-state index in [0.717, 1.165) is 17.6 Å². The Morgan fingerprint density at radius 2 is 2.20 bits per heavy atom. The van der Waals surface area contributed by atoms with Crippen molar-refractivity contribution in [2.24, 2.45) is 0 Å². The third-order valence-corrected chi connectivity index (χ3v) is 3.32. The second kappa shape index (κ2) is 4.92. The Balaban J connectivity index is 1.98. The number of fused-ring (bicyclic) bond motifs is 1. The lowest BCUT2D eigenvalue weighted by Gasteiger charge is -2.11. The largest absolute Gasteiger partial charge is 0.460 e. The van der Waals surface area contributed by atoms with Gasteiger partial charge in [0.25, 0.3) is 5.82 Å². The number of esters is 1. The van der Waals surface area contributed by atoms with Crippen LogP contribution in [0.5, 0.6) is 0 Å². The summed E-state index contributed by atoms with van der Waals surface area (Å²) in [6.07, 6.45) is 0.766. The van der Waals surface area contributed by atoms with Gasteiger partial charge in [-0.3, -0.25) is 0 Å². The van der Waals surface area contributed by atoms with Gasteiger partial charge in [-0.05, 0) is 18.1 Å². The molecule has 0 N–H and O–H groups in total. The lowest BCUT2D eigenvalue weighted by atomic mass is 10.0. The average molecular weight is 269 g/mol. The standard InChI is InChI=1S/C15H15N3O2/c1-3-20-15(19)13-16-14-10(2)9-12(18(14)17-13)11-7-5-4-6-8-11/h4-8,12H,2-3,9H2,1H3. The topological polar surface area (TPSA) is 57.0 Å². The summed E-state index contributed by atoms with van der Waals surface area (Å²) in [4.78, 5) is 16.0. The SMILES string of the molecule is C=C1CC(c2ccccc2)n2nc(C(=O)OCC)nc21. The molecular weight excluding hydrogens is 254 g/mol. The number of ether oxygens (including phenoxy) is 1. The summed E-state index contributed by atoms with van der Waals surface area (Å²) in [5.74, 6) is 0.277. The van der Waals surface area contributed by atoms with E-state index in [-0.39, 0.29) is 11.9 Å². The van der Waals surface area contributed by atoms with Crippen molar-refractivity contribution < 1.29 is 9.53 Å². The number of hydrogen-bond donors (Lipinski definition) is 0. The zero-order valence-electron chi connectivity index (χ0n) is 11.2. The minimum Gasteiger partial charge on any atom is -0.460 e. The molecule has 20 heavy (non-hydrogen) atoms. The van der Waals surface area contributed by atoms with Crippen LogP contribution in [0.25, 0.3) is 5.57 Å². The molecule has 1 atom stereocenters. The zero-order valence-corrected chi connectivity index (χ0v) is 11.2. The quantitative estimate of drug-likeness (QED) is 0.803. The van der Waals surface area contributed by atoms with Crippen LogP contribution in [0.2, 0.25) is 0 Å². The number of rotatable bonds is 3. The Bertz CT molecular complexity index is 661. The van der Waals surface area contributed by atoms with Crippen LogP contribution in [0.1, 0.15) is 41.4 Å². The summed E-state index contributed by atoms with van der Waals surface area (Å²) >= 11 is 0. The van der Waals surface area contributed by atoms with E-state index in [2.05, 4.69) is 16.7 Å². The fourth-order valence-corrected chi connectivity index (χ4v) is 2.41. The van der Waals surface area contributed by atoms with Crippen LogP contribution in [-0.4, -0.2) is 27.3 Å². The van der Waals surface area contributed by atoms with Gasteiger partial charge in [-0.1, -0.05) is 36.9 Å². The monoisotopic (exact) mass is 269 g/mol. The predicted molar refractivity (Wildman–Crippen MR) is 74.2 cm³/mol. The molecule has 0 saturated heterocycles. The van der Waals surface area contributed by atoms with Crippen LogP contribution in [0.3, 0.4) is 0 Å². The molecule has 0 spiro atoms. The third-order valence-electron chi connectivity index (χ3n) is 3.32. The molecule has 0 aliphatic carbocycles. The molecule has 1 aliphatic rings. The van der Waals surface area contributed by atoms with E-state index in [1.165, 1.54) is 0 Å². The maximum absolute atomic E-state index is 11.7. The number of benzene rings is 1. The van der Waals surface area contributed by atoms with Crippen molar-refractivity contribution in [3.05, 3.63) is 54.1 Å². The van der Waals surface area contributed by atoms with Crippen LogP contribution < -0.4 is 0 Å². The first-order valence-electron chi connectivity index (χ1n) is 6.57. The first-order valence-corrected chi connectivity index (χ1v) is 6.57. The molecule has 0 saturated carbocycles. The number of carbonyl (C=O) groups is 1. The van der Waals surface area contributed by atoms with E-state index in [4.69, 9.17) is 4.74 Å². The summed E-state index contributed by atoms with van der Waals surface area (Å²) in [6.45, 7) is 6.08. The van der Waals surface area contributed by atoms with Crippen molar-refractivity contribution in [2.75, 3.05) is 6.61 Å². The van der Waals surface area contributed by atoms with Gasteiger partial charge < -0.3 is 4.74 Å². The number of aromatic nitrogens is 3. The molecule has 5 nitrogen and oxygen atoms in total. The van der Waals surface area contributed by atoms with E-state index in [1.807, 2.05) is 30.3 Å². The Morgan fingerprint density at radius 3 is 2.90 bits per heavy atom. The molecule has 1 unspecified atom stereocenters. The molecule has 0 fully saturated rings. The van der Waals surface area contributed by atoms with Crippen molar-refractivity contribution in [3.63, 3.8) is 0 Å². The van der Waals surface area contributed by atoms with Crippen LogP contribution in [0.15, 0.2) is 36.9 Å².